The fraction of sp³-hybridized carbons (Fsp3) is 0.400. The zero-order chi connectivity index (χ0) is 31.3. The minimum absolute atomic E-state index is 0.245. The fourth-order valence-corrected chi connectivity index (χ4v) is 5.65. The van der Waals surface area contributed by atoms with Gasteiger partial charge < -0.3 is 34.1 Å². The molecule has 4 heterocycles. The van der Waals surface area contributed by atoms with Crippen molar-refractivity contribution in [2.75, 3.05) is 32.7 Å². The molecule has 0 unspecified atom stereocenters. The van der Waals surface area contributed by atoms with E-state index in [-0.39, 0.29) is 17.9 Å². The monoisotopic (exact) mass is 603 g/mol. The predicted octanol–water partition coefficient (Wildman–Crippen LogP) is 2.10. The number of piperidine rings is 3. The number of amides is 1. The maximum Gasteiger partial charge on any atom is 0.430 e. The summed E-state index contributed by atoms with van der Waals surface area (Å²) in [4.78, 5) is 34.8. The molecule has 10 nitrogen and oxygen atoms in total. The maximum absolute atomic E-state index is 13.6. The number of halogens is 3. The Hall–Kier alpha value is -4.23. The number of fused-ring (bicyclic) bond motifs is 3. The van der Waals surface area contributed by atoms with Gasteiger partial charge >= 0.3 is 12.1 Å². The molecule has 3 fully saturated rings. The topological polar surface area (TPSA) is 142 Å². The molecule has 3 saturated heterocycles. The Bertz CT molecular complexity index is 1370. The molecule has 1 aromatic heterocycles. The van der Waals surface area contributed by atoms with Crippen LogP contribution in [-0.4, -0.2) is 77.6 Å². The summed E-state index contributed by atoms with van der Waals surface area (Å²) in [6.07, 6.45) is -2.13. The van der Waals surface area contributed by atoms with Crippen LogP contribution in [0.25, 0.3) is 0 Å². The molecule has 230 valence electrons. The van der Waals surface area contributed by atoms with E-state index in [1.165, 1.54) is 6.26 Å². The van der Waals surface area contributed by atoms with Gasteiger partial charge in [-0.3, -0.25) is 4.79 Å². The van der Waals surface area contributed by atoms with Crippen molar-refractivity contribution >= 4 is 17.8 Å². The molecular formula is C30H32F3N3O7. The van der Waals surface area contributed by atoms with Crippen LogP contribution >= 0.6 is 0 Å². The number of alkyl halides is 3. The number of quaternary nitrogens is 1. The van der Waals surface area contributed by atoms with Crippen LogP contribution in [-0.2, 0) is 19.9 Å². The standard InChI is InChI=1S/C28H31N3O5.C2HF3O2/c1-20-19-35-30-25(20)26(32)29-14-17-31-15-12-21(13-16-31)24(18-31)36-27(33)28(34,22-8-4-2-5-9-22)23-10-6-3-7-11-23;3-2(4,5)1(6)7/h2-11,19,21,24,34H,12-18H2,1H3;(H,6,7)/t21?,24-,31?;/m0./s1. The summed E-state index contributed by atoms with van der Waals surface area (Å²) in [7, 11) is 0. The third-order valence-electron chi connectivity index (χ3n) is 8.04. The lowest BCUT2D eigenvalue weighted by Crippen LogP contribution is -2.66. The van der Waals surface area contributed by atoms with Gasteiger partial charge in [-0.1, -0.05) is 65.8 Å². The molecule has 2 aromatic carbocycles. The van der Waals surface area contributed by atoms with Crippen LogP contribution in [0, 0.1) is 12.8 Å². The summed E-state index contributed by atoms with van der Waals surface area (Å²) in [6.45, 7) is 5.67. The zero-order valence-corrected chi connectivity index (χ0v) is 23.4. The van der Waals surface area contributed by atoms with E-state index in [0.717, 1.165) is 37.0 Å². The summed E-state index contributed by atoms with van der Waals surface area (Å²) < 4.78 is 43.3. The Kier molecular flexibility index (Phi) is 9.55. The van der Waals surface area contributed by atoms with Gasteiger partial charge in [0.25, 0.3) is 5.91 Å². The number of hydrogen-bond donors (Lipinski definition) is 2. The quantitative estimate of drug-likeness (QED) is 0.295. The van der Waals surface area contributed by atoms with Crippen LogP contribution in [0.3, 0.4) is 0 Å². The number of esters is 1. The molecule has 13 heteroatoms. The molecule has 3 aliphatic rings. The minimum atomic E-state index is -5.19. The highest BCUT2D eigenvalue weighted by Crippen LogP contribution is 2.38. The second-order valence-corrected chi connectivity index (χ2v) is 10.8. The van der Waals surface area contributed by atoms with E-state index in [0.29, 0.717) is 35.5 Å². The summed E-state index contributed by atoms with van der Waals surface area (Å²) in [5.74, 6) is -3.62. The number of benzene rings is 2. The molecule has 0 saturated carbocycles. The smallest absolute Gasteiger partial charge is 0.430 e. The molecule has 0 aliphatic carbocycles. The Balaban J connectivity index is 0.000000541. The molecule has 1 atom stereocenters. The van der Waals surface area contributed by atoms with Gasteiger partial charge in [-0.25, -0.2) is 4.79 Å². The van der Waals surface area contributed by atoms with E-state index >= 15 is 0 Å². The number of ether oxygens (including phenoxy) is 1. The van der Waals surface area contributed by atoms with Gasteiger partial charge in [0.1, 0.15) is 18.8 Å². The van der Waals surface area contributed by atoms with Crippen molar-refractivity contribution in [3.8, 4) is 0 Å². The molecule has 0 spiro atoms. The summed E-state index contributed by atoms with van der Waals surface area (Å²) in [5, 5.41) is 27.3. The first-order valence-electron chi connectivity index (χ1n) is 13.7. The molecule has 3 aromatic rings. The highest BCUT2D eigenvalue weighted by molar-refractivity contribution is 5.93. The molecule has 2 bridgehead atoms. The number of aryl methyl sites for hydroxylation is 1. The Morgan fingerprint density at radius 1 is 1.05 bits per heavy atom. The van der Waals surface area contributed by atoms with Crippen LogP contribution in [0.2, 0.25) is 0 Å². The van der Waals surface area contributed by atoms with Crippen molar-refractivity contribution in [2.24, 2.45) is 5.92 Å². The molecule has 0 radical (unpaired) electrons. The van der Waals surface area contributed by atoms with Crippen molar-refractivity contribution in [3.05, 3.63) is 89.3 Å². The van der Waals surface area contributed by atoms with Crippen molar-refractivity contribution in [1.29, 1.82) is 0 Å². The lowest BCUT2D eigenvalue weighted by atomic mass is 9.82. The molecule has 43 heavy (non-hydrogen) atoms. The summed E-state index contributed by atoms with van der Waals surface area (Å²) in [5.41, 5.74) is 0.0902. The second kappa shape index (κ2) is 13.0. The van der Waals surface area contributed by atoms with E-state index in [4.69, 9.17) is 19.2 Å². The lowest BCUT2D eigenvalue weighted by molar-refractivity contribution is -0.945. The molecule has 3 aliphatic heterocycles. The Labute approximate surface area is 245 Å². The average molecular weight is 604 g/mol. The van der Waals surface area contributed by atoms with E-state index in [1.54, 1.807) is 55.5 Å². The third-order valence-corrected chi connectivity index (χ3v) is 8.04. The lowest BCUT2D eigenvalue weighted by Gasteiger charge is -2.52. The number of carboxylic acids is 1. The van der Waals surface area contributed by atoms with Crippen LogP contribution in [0.15, 0.2) is 71.4 Å². The number of hydrogen-bond acceptors (Lipinski definition) is 8. The number of nitrogens with one attached hydrogen (secondary N) is 1. The average Bonchev–Trinajstić information content (AvgIpc) is 3.43. The van der Waals surface area contributed by atoms with Crippen LogP contribution in [0.4, 0.5) is 13.2 Å². The van der Waals surface area contributed by atoms with Gasteiger partial charge in [-0.2, -0.15) is 13.2 Å². The molecule has 1 amide bonds. The largest absolute Gasteiger partial charge is 0.542 e. The third kappa shape index (κ3) is 7.23. The van der Waals surface area contributed by atoms with Crippen molar-refractivity contribution in [3.63, 3.8) is 0 Å². The first-order valence-corrected chi connectivity index (χ1v) is 13.7. The molecular weight excluding hydrogens is 571 g/mol. The van der Waals surface area contributed by atoms with Gasteiger partial charge in [-0.05, 0) is 18.1 Å². The first kappa shape index (κ1) is 31.7. The number of carbonyl (C=O) groups excluding carboxylic acids is 3. The Morgan fingerprint density at radius 2 is 1.58 bits per heavy atom. The summed E-state index contributed by atoms with van der Waals surface area (Å²) in [6, 6.07) is 17.9. The van der Waals surface area contributed by atoms with Gasteiger partial charge in [0.2, 0.25) is 5.60 Å². The number of nitrogens with zero attached hydrogens (tertiary/aromatic N) is 2. The number of carboxylic acid groups (broad SMARTS) is 1. The van der Waals surface area contributed by atoms with Gasteiger partial charge in [0.05, 0.1) is 26.2 Å². The maximum atomic E-state index is 13.6. The Morgan fingerprint density at radius 3 is 2.05 bits per heavy atom. The summed E-state index contributed by atoms with van der Waals surface area (Å²) >= 11 is 0. The number of aliphatic carboxylic acids is 1. The van der Waals surface area contributed by atoms with Gasteiger partial charge in [0, 0.05) is 24.3 Å². The van der Waals surface area contributed by atoms with Crippen molar-refractivity contribution < 1.29 is 51.5 Å². The zero-order valence-electron chi connectivity index (χ0n) is 23.4. The van der Waals surface area contributed by atoms with Crippen molar-refractivity contribution in [1.82, 2.24) is 10.5 Å². The molecule has 6 rings (SSSR count). The van der Waals surface area contributed by atoms with E-state index in [2.05, 4.69) is 10.5 Å². The number of aromatic nitrogens is 1. The highest BCUT2D eigenvalue weighted by Gasteiger charge is 2.50. The van der Waals surface area contributed by atoms with E-state index < -0.39 is 23.7 Å². The van der Waals surface area contributed by atoms with E-state index in [9.17, 15) is 27.9 Å². The van der Waals surface area contributed by atoms with Crippen LogP contribution in [0.1, 0.15) is 40.0 Å². The van der Waals surface area contributed by atoms with Gasteiger partial charge in [0.15, 0.2) is 11.8 Å². The van der Waals surface area contributed by atoms with Crippen LogP contribution < -0.4 is 10.4 Å². The normalized spacial score (nSPS) is 21.3. The fourth-order valence-electron chi connectivity index (χ4n) is 5.65. The number of carbonyl (C=O) groups is 3. The SMILES string of the molecule is Cc1conc1C(=O)NCC[N+]12CCC(CC1)[C@@H](OC(=O)C(O)(c1ccccc1)c1ccccc1)C2.O=C([O-])C(F)(F)F. The number of rotatable bonds is 8. The highest BCUT2D eigenvalue weighted by atomic mass is 19.4. The minimum Gasteiger partial charge on any atom is -0.542 e. The van der Waals surface area contributed by atoms with Gasteiger partial charge in [-0.15, -0.1) is 0 Å². The van der Waals surface area contributed by atoms with Crippen LogP contribution in [0.5, 0.6) is 0 Å². The van der Waals surface area contributed by atoms with Crippen molar-refractivity contribution in [2.45, 2.75) is 37.6 Å². The predicted molar refractivity (Wildman–Crippen MR) is 143 cm³/mol. The first-order chi connectivity index (χ1) is 20.4. The number of aliphatic hydroxyl groups is 1. The molecule has 2 N–H and O–H groups in total. The second-order valence-electron chi connectivity index (χ2n) is 10.8. The van der Waals surface area contributed by atoms with E-state index in [1.807, 2.05) is 12.1 Å².